The third-order valence-corrected chi connectivity index (χ3v) is 5.52. The molecule has 2 aliphatic carbocycles. The molecule has 4 rings (SSSR count). The van der Waals surface area contributed by atoms with Gasteiger partial charge in [0.2, 0.25) is 5.91 Å². The highest BCUT2D eigenvalue weighted by molar-refractivity contribution is 5.97. The largest absolute Gasteiger partial charge is 0.462 e. The summed E-state index contributed by atoms with van der Waals surface area (Å²) in [4.78, 5) is 36.6. The number of amides is 1. The highest BCUT2D eigenvalue weighted by atomic mass is 16.6. The number of hydrogen-bond donors (Lipinski definition) is 1. The summed E-state index contributed by atoms with van der Waals surface area (Å²) < 4.78 is 10.5. The van der Waals surface area contributed by atoms with E-state index in [2.05, 4.69) is 5.32 Å². The Morgan fingerprint density at radius 3 is 2.60 bits per heavy atom. The van der Waals surface area contributed by atoms with Crippen LogP contribution in [0.2, 0.25) is 0 Å². The van der Waals surface area contributed by atoms with E-state index in [1.807, 2.05) is 0 Å². The van der Waals surface area contributed by atoms with Crippen molar-refractivity contribution in [2.24, 2.45) is 23.7 Å². The molecule has 2 bridgehead atoms. The molecular formula is C19H21NO5. The van der Waals surface area contributed by atoms with Crippen LogP contribution in [0.3, 0.4) is 0 Å². The van der Waals surface area contributed by atoms with Gasteiger partial charge in [0.15, 0.2) is 0 Å². The molecule has 1 aromatic carbocycles. The van der Waals surface area contributed by atoms with E-state index in [0.29, 0.717) is 11.3 Å². The van der Waals surface area contributed by atoms with Gasteiger partial charge in [0, 0.05) is 11.6 Å². The van der Waals surface area contributed by atoms with Gasteiger partial charge in [0.05, 0.1) is 23.5 Å². The third-order valence-electron chi connectivity index (χ3n) is 5.52. The molecule has 1 saturated heterocycles. The van der Waals surface area contributed by atoms with Crippen molar-refractivity contribution >= 4 is 23.5 Å². The van der Waals surface area contributed by atoms with E-state index >= 15 is 0 Å². The summed E-state index contributed by atoms with van der Waals surface area (Å²) in [6.45, 7) is 3.58. The first-order chi connectivity index (χ1) is 11.9. The Balaban J connectivity index is 1.43. The molecule has 1 heterocycles. The number of rotatable bonds is 4. The van der Waals surface area contributed by atoms with E-state index in [4.69, 9.17) is 9.47 Å². The highest BCUT2D eigenvalue weighted by Crippen LogP contribution is 2.57. The summed E-state index contributed by atoms with van der Waals surface area (Å²) >= 11 is 0. The smallest absolute Gasteiger partial charge is 0.338 e. The summed E-state index contributed by atoms with van der Waals surface area (Å²) in [5.41, 5.74) is 1.05. The molecule has 3 fully saturated rings. The molecule has 25 heavy (non-hydrogen) atoms. The first-order valence-electron chi connectivity index (χ1n) is 8.76. The van der Waals surface area contributed by atoms with Crippen LogP contribution in [-0.4, -0.2) is 30.1 Å². The van der Waals surface area contributed by atoms with Crippen molar-refractivity contribution in [3.63, 3.8) is 0 Å². The molecule has 6 nitrogen and oxygen atoms in total. The van der Waals surface area contributed by atoms with Gasteiger partial charge in [-0.1, -0.05) is 0 Å². The van der Waals surface area contributed by atoms with Crippen LogP contribution in [-0.2, 0) is 19.1 Å². The van der Waals surface area contributed by atoms with Crippen LogP contribution in [0.15, 0.2) is 24.3 Å². The molecule has 1 N–H and O–H groups in total. The minimum Gasteiger partial charge on any atom is -0.462 e. The molecule has 0 spiro atoms. The Hall–Kier alpha value is -2.37. The average molecular weight is 343 g/mol. The fourth-order valence-electron chi connectivity index (χ4n) is 4.56. The lowest BCUT2D eigenvalue weighted by Gasteiger charge is -2.23. The lowest BCUT2D eigenvalue weighted by molar-refractivity contribution is -0.145. The van der Waals surface area contributed by atoms with Crippen LogP contribution in [0.5, 0.6) is 0 Å². The fraction of sp³-hybridized carbons (Fsp3) is 0.526. The number of ether oxygens (including phenoxy) is 2. The van der Waals surface area contributed by atoms with Gasteiger partial charge in [0.25, 0.3) is 0 Å². The lowest BCUT2D eigenvalue weighted by atomic mass is 9.79. The van der Waals surface area contributed by atoms with Crippen LogP contribution < -0.4 is 5.32 Å². The number of carbonyl (C=O) groups excluding carboxylic acids is 3. The van der Waals surface area contributed by atoms with E-state index in [1.165, 1.54) is 0 Å². The van der Waals surface area contributed by atoms with Crippen molar-refractivity contribution in [3.8, 4) is 0 Å². The first kappa shape index (κ1) is 16.1. The second-order valence-electron chi connectivity index (χ2n) is 7.44. The molecule has 0 aromatic heterocycles. The summed E-state index contributed by atoms with van der Waals surface area (Å²) in [5.74, 6) is -0.894. The average Bonchev–Trinajstić information content (AvgIpc) is 3.16. The van der Waals surface area contributed by atoms with Gasteiger partial charge in [-0.3, -0.25) is 9.59 Å². The molecule has 6 heteroatoms. The zero-order valence-electron chi connectivity index (χ0n) is 14.2. The van der Waals surface area contributed by atoms with Crippen molar-refractivity contribution in [1.29, 1.82) is 0 Å². The number of esters is 2. The Morgan fingerprint density at radius 2 is 1.92 bits per heavy atom. The minimum atomic E-state index is -0.388. The molecule has 5 atom stereocenters. The van der Waals surface area contributed by atoms with Crippen LogP contribution in [0.1, 0.15) is 37.0 Å². The predicted octanol–water partition coefficient (Wildman–Crippen LogP) is 2.39. The number of nitrogens with one attached hydrogen (secondary N) is 1. The minimum absolute atomic E-state index is 0.0257. The quantitative estimate of drug-likeness (QED) is 0.849. The van der Waals surface area contributed by atoms with Gasteiger partial charge in [0.1, 0.15) is 6.10 Å². The predicted molar refractivity (Wildman–Crippen MR) is 88.7 cm³/mol. The highest BCUT2D eigenvalue weighted by Gasteiger charge is 2.63. The fourth-order valence-corrected chi connectivity index (χ4v) is 4.56. The van der Waals surface area contributed by atoms with Crippen molar-refractivity contribution < 1.29 is 23.9 Å². The molecule has 1 aliphatic heterocycles. The normalized spacial score (nSPS) is 32.0. The van der Waals surface area contributed by atoms with Crippen LogP contribution in [0.4, 0.5) is 5.69 Å². The maximum atomic E-state index is 12.7. The number of anilines is 1. The van der Waals surface area contributed by atoms with E-state index in [1.54, 1.807) is 38.1 Å². The maximum absolute atomic E-state index is 12.7. The van der Waals surface area contributed by atoms with Crippen molar-refractivity contribution in [2.75, 3.05) is 5.32 Å². The topological polar surface area (TPSA) is 81.7 Å². The number of hydrogen-bond acceptors (Lipinski definition) is 5. The summed E-state index contributed by atoms with van der Waals surface area (Å²) in [6, 6.07) is 6.61. The molecule has 1 aromatic rings. The van der Waals surface area contributed by atoms with Gasteiger partial charge in [-0.05, 0) is 56.9 Å². The Morgan fingerprint density at radius 1 is 1.20 bits per heavy atom. The third kappa shape index (κ3) is 2.69. The van der Waals surface area contributed by atoms with Crippen molar-refractivity contribution in [3.05, 3.63) is 29.8 Å². The van der Waals surface area contributed by atoms with E-state index in [9.17, 15) is 14.4 Å². The van der Waals surface area contributed by atoms with E-state index in [0.717, 1.165) is 12.8 Å². The van der Waals surface area contributed by atoms with Gasteiger partial charge in [-0.25, -0.2) is 4.79 Å². The monoisotopic (exact) mass is 343 g/mol. The number of benzene rings is 1. The SMILES string of the molecule is CC(C)OC(=O)c1ccc(NC(=O)[C@H]2[C@@H]3C[C@H]4[C@@H]2C(=O)O[C@@H]4C3)cc1. The molecule has 0 radical (unpaired) electrons. The Labute approximate surface area is 145 Å². The van der Waals surface area contributed by atoms with Gasteiger partial charge in [-0.15, -0.1) is 0 Å². The number of carbonyl (C=O) groups is 3. The van der Waals surface area contributed by atoms with Gasteiger partial charge < -0.3 is 14.8 Å². The molecule has 1 amide bonds. The number of fused-ring (bicyclic) bond motifs is 1. The van der Waals surface area contributed by atoms with Crippen molar-refractivity contribution in [2.45, 2.75) is 38.9 Å². The van der Waals surface area contributed by atoms with Gasteiger partial charge >= 0.3 is 11.9 Å². The van der Waals surface area contributed by atoms with Crippen LogP contribution in [0, 0.1) is 23.7 Å². The molecular weight excluding hydrogens is 322 g/mol. The van der Waals surface area contributed by atoms with E-state index < -0.39 is 0 Å². The molecule has 0 unspecified atom stereocenters. The van der Waals surface area contributed by atoms with Crippen LogP contribution >= 0.6 is 0 Å². The standard InChI is InChI=1S/C19H21NO5/c1-9(2)24-18(22)10-3-5-12(6-4-10)20-17(21)15-11-7-13-14(8-11)25-19(23)16(13)15/h3-6,9,11,13-16H,7-8H2,1-2H3,(H,20,21)/t11-,13-,14-,15+,16+/m1/s1. The van der Waals surface area contributed by atoms with E-state index in [-0.39, 0.29) is 53.7 Å². The zero-order chi connectivity index (χ0) is 17.7. The molecule has 132 valence electrons. The maximum Gasteiger partial charge on any atom is 0.338 e. The lowest BCUT2D eigenvalue weighted by Crippen LogP contribution is -2.35. The second kappa shape index (κ2) is 5.86. The van der Waals surface area contributed by atoms with Crippen LogP contribution in [0.25, 0.3) is 0 Å². The summed E-state index contributed by atoms with van der Waals surface area (Å²) in [6.07, 6.45) is 1.54. The summed E-state index contributed by atoms with van der Waals surface area (Å²) in [5, 5.41) is 2.88. The molecule has 3 aliphatic rings. The first-order valence-corrected chi connectivity index (χ1v) is 8.76. The second-order valence-corrected chi connectivity index (χ2v) is 7.44. The Kier molecular flexibility index (Phi) is 3.78. The molecule has 2 saturated carbocycles. The Bertz CT molecular complexity index is 724. The van der Waals surface area contributed by atoms with Crippen molar-refractivity contribution in [1.82, 2.24) is 0 Å². The zero-order valence-corrected chi connectivity index (χ0v) is 14.2. The summed E-state index contributed by atoms with van der Waals surface area (Å²) in [7, 11) is 0. The van der Waals surface area contributed by atoms with Gasteiger partial charge in [-0.2, -0.15) is 0 Å².